The molecule has 0 aliphatic carbocycles. The molecular weight excluding hydrogens is 198 g/mol. The van der Waals surface area contributed by atoms with E-state index in [1.54, 1.807) is 0 Å². The van der Waals surface area contributed by atoms with Crippen LogP contribution in [-0.4, -0.2) is 0 Å². The van der Waals surface area contributed by atoms with E-state index in [0.717, 1.165) is 6.07 Å². The molecule has 68 valence electrons. The van der Waals surface area contributed by atoms with Crippen LogP contribution in [0.5, 0.6) is 0 Å². The maximum absolute atomic E-state index is 13.4. The summed E-state index contributed by atoms with van der Waals surface area (Å²) in [4.78, 5) is 0. The quantitative estimate of drug-likeness (QED) is 0.646. The summed E-state index contributed by atoms with van der Waals surface area (Å²) in [5.41, 5.74) is 0.0828. The number of alkyl halides is 1. The number of halogens is 3. The van der Waals surface area contributed by atoms with Crippen LogP contribution in [0.3, 0.4) is 0 Å². The number of rotatable bonds is 1. The Kier molecular flexibility index (Phi) is 1.96. The molecule has 0 N–H and O–H groups in total. The fourth-order valence-electron chi connectivity index (χ4n) is 1.22. The summed E-state index contributed by atoms with van der Waals surface area (Å²) in [6, 6.07) is 2.43. The fourth-order valence-corrected chi connectivity index (χ4v) is 1.41. The molecule has 2 aromatic rings. The summed E-state index contributed by atoms with van der Waals surface area (Å²) < 4.78 is 31.3. The van der Waals surface area contributed by atoms with Gasteiger partial charge in [-0.05, 0) is 12.1 Å². The molecule has 0 aliphatic rings. The van der Waals surface area contributed by atoms with Crippen molar-refractivity contribution in [3.8, 4) is 0 Å². The molecule has 2 rings (SSSR count). The Bertz CT molecular complexity index is 450. The third-order valence-corrected chi connectivity index (χ3v) is 2.13. The van der Waals surface area contributed by atoms with Crippen molar-refractivity contribution in [1.82, 2.24) is 0 Å². The van der Waals surface area contributed by atoms with Gasteiger partial charge >= 0.3 is 0 Å². The van der Waals surface area contributed by atoms with Gasteiger partial charge < -0.3 is 4.42 Å². The van der Waals surface area contributed by atoms with Gasteiger partial charge in [0.25, 0.3) is 0 Å². The lowest BCUT2D eigenvalue weighted by molar-refractivity contribution is 0.553. The minimum absolute atomic E-state index is 0.0517. The zero-order valence-corrected chi connectivity index (χ0v) is 7.24. The minimum Gasteiger partial charge on any atom is -0.461 e. The molecule has 1 heterocycles. The van der Waals surface area contributed by atoms with Gasteiger partial charge in [-0.15, -0.1) is 11.6 Å². The van der Waals surface area contributed by atoms with Gasteiger partial charge in [0.05, 0.1) is 17.5 Å². The van der Waals surface area contributed by atoms with E-state index in [1.165, 1.54) is 12.3 Å². The van der Waals surface area contributed by atoms with Gasteiger partial charge in [0.15, 0.2) is 11.4 Å². The Morgan fingerprint density at radius 2 is 2.15 bits per heavy atom. The molecule has 0 unspecified atom stereocenters. The summed E-state index contributed by atoms with van der Waals surface area (Å²) in [7, 11) is 0. The van der Waals surface area contributed by atoms with Crippen LogP contribution >= 0.6 is 11.6 Å². The van der Waals surface area contributed by atoms with Crippen LogP contribution in [0.15, 0.2) is 22.8 Å². The van der Waals surface area contributed by atoms with Crippen LogP contribution in [0.4, 0.5) is 8.78 Å². The van der Waals surface area contributed by atoms with Crippen LogP contribution in [0.2, 0.25) is 0 Å². The second-order valence-corrected chi connectivity index (χ2v) is 2.90. The molecular formula is C9H5ClF2O. The van der Waals surface area contributed by atoms with Crippen molar-refractivity contribution < 1.29 is 13.2 Å². The molecule has 4 heteroatoms. The van der Waals surface area contributed by atoms with Gasteiger partial charge in [-0.3, -0.25) is 0 Å². The van der Waals surface area contributed by atoms with E-state index in [1.807, 2.05) is 0 Å². The monoisotopic (exact) mass is 202 g/mol. The second-order valence-electron chi connectivity index (χ2n) is 2.63. The van der Waals surface area contributed by atoms with E-state index in [9.17, 15) is 8.78 Å². The lowest BCUT2D eigenvalue weighted by atomic mass is 10.1. The highest BCUT2D eigenvalue weighted by Gasteiger charge is 2.13. The van der Waals surface area contributed by atoms with E-state index >= 15 is 0 Å². The van der Waals surface area contributed by atoms with Gasteiger partial charge in [0.2, 0.25) is 0 Å². The maximum atomic E-state index is 13.4. The number of fused-ring (bicyclic) bond motifs is 1. The molecule has 0 atom stereocenters. The molecule has 0 radical (unpaired) electrons. The minimum atomic E-state index is -0.586. The van der Waals surface area contributed by atoms with Crippen LogP contribution in [0, 0.1) is 11.6 Å². The van der Waals surface area contributed by atoms with Crippen molar-refractivity contribution in [3.63, 3.8) is 0 Å². The Morgan fingerprint density at radius 3 is 2.85 bits per heavy atom. The van der Waals surface area contributed by atoms with E-state index in [-0.39, 0.29) is 22.4 Å². The molecule has 0 saturated carbocycles. The standard InChI is InChI=1S/C9H5ClF2O/c10-4-5-3-7(11)9-6(8(5)12)1-2-13-9/h1-3H,4H2. The number of furan rings is 1. The zero-order chi connectivity index (χ0) is 9.42. The highest BCUT2D eigenvalue weighted by molar-refractivity contribution is 6.17. The second kappa shape index (κ2) is 3.00. The first-order valence-corrected chi connectivity index (χ1v) is 4.17. The summed E-state index contributed by atoms with van der Waals surface area (Å²) in [6.45, 7) is 0. The molecule has 1 nitrogen and oxygen atoms in total. The van der Waals surface area contributed by atoms with Crippen LogP contribution < -0.4 is 0 Å². The molecule has 1 aromatic heterocycles. The molecule has 0 amide bonds. The topological polar surface area (TPSA) is 13.1 Å². The molecule has 0 fully saturated rings. The molecule has 1 aromatic carbocycles. The first-order valence-electron chi connectivity index (χ1n) is 3.64. The van der Waals surface area contributed by atoms with Gasteiger partial charge in [-0.2, -0.15) is 0 Å². The number of hydrogen-bond donors (Lipinski definition) is 0. The lowest BCUT2D eigenvalue weighted by Crippen LogP contribution is -1.89. The lowest BCUT2D eigenvalue weighted by Gasteiger charge is -1.99. The van der Waals surface area contributed by atoms with E-state index < -0.39 is 11.6 Å². The smallest absolute Gasteiger partial charge is 0.172 e. The molecule has 0 aliphatic heterocycles. The molecule has 13 heavy (non-hydrogen) atoms. The summed E-state index contributed by atoms with van der Waals surface area (Å²) in [6.07, 6.45) is 1.24. The number of hydrogen-bond acceptors (Lipinski definition) is 1. The highest BCUT2D eigenvalue weighted by atomic mass is 35.5. The largest absolute Gasteiger partial charge is 0.461 e. The third-order valence-electron chi connectivity index (χ3n) is 1.85. The average Bonchev–Trinajstić information content (AvgIpc) is 2.60. The maximum Gasteiger partial charge on any atom is 0.172 e. The number of benzene rings is 1. The Labute approximate surface area is 77.9 Å². The molecule has 0 bridgehead atoms. The average molecular weight is 203 g/mol. The zero-order valence-electron chi connectivity index (χ0n) is 6.48. The summed E-state index contributed by atoms with van der Waals surface area (Å²) in [5, 5.41) is 0.135. The normalized spacial score (nSPS) is 11.0. The summed E-state index contributed by atoms with van der Waals surface area (Å²) in [5.74, 6) is -1.15. The predicted molar refractivity (Wildman–Crippen MR) is 45.7 cm³/mol. The Balaban J connectivity index is 2.85. The molecule has 0 saturated heterocycles. The first-order chi connectivity index (χ1) is 6.24. The van der Waals surface area contributed by atoms with Crippen LogP contribution in [0.1, 0.15) is 5.56 Å². The predicted octanol–water partition coefficient (Wildman–Crippen LogP) is 3.45. The fraction of sp³-hybridized carbons (Fsp3) is 0.111. The highest BCUT2D eigenvalue weighted by Crippen LogP contribution is 2.25. The van der Waals surface area contributed by atoms with Crippen molar-refractivity contribution >= 4 is 22.6 Å². The van der Waals surface area contributed by atoms with Crippen molar-refractivity contribution in [3.05, 3.63) is 35.6 Å². The Morgan fingerprint density at radius 1 is 1.38 bits per heavy atom. The van der Waals surface area contributed by atoms with E-state index in [4.69, 9.17) is 16.0 Å². The first kappa shape index (κ1) is 8.51. The van der Waals surface area contributed by atoms with E-state index in [0.29, 0.717) is 0 Å². The van der Waals surface area contributed by atoms with Gasteiger partial charge in [0, 0.05) is 5.56 Å². The van der Waals surface area contributed by atoms with Crippen molar-refractivity contribution in [2.24, 2.45) is 0 Å². The Hall–Kier alpha value is -1.09. The SMILES string of the molecule is Fc1c(CCl)cc(F)c2occc12. The molecule has 0 spiro atoms. The van der Waals surface area contributed by atoms with Gasteiger partial charge in [-0.1, -0.05) is 0 Å². The van der Waals surface area contributed by atoms with Gasteiger partial charge in [-0.25, -0.2) is 8.78 Å². The van der Waals surface area contributed by atoms with Crippen molar-refractivity contribution in [1.29, 1.82) is 0 Å². The van der Waals surface area contributed by atoms with Gasteiger partial charge in [0.1, 0.15) is 5.82 Å². The van der Waals surface area contributed by atoms with Crippen molar-refractivity contribution in [2.45, 2.75) is 5.88 Å². The summed E-state index contributed by atoms with van der Waals surface area (Å²) >= 11 is 5.43. The van der Waals surface area contributed by atoms with E-state index in [2.05, 4.69) is 0 Å². The van der Waals surface area contributed by atoms with Crippen LogP contribution in [0.25, 0.3) is 11.0 Å². The van der Waals surface area contributed by atoms with Crippen LogP contribution in [-0.2, 0) is 5.88 Å². The third kappa shape index (κ3) is 1.20. The van der Waals surface area contributed by atoms with Crippen molar-refractivity contribution in [2.75, 3.05) is 0 Å².